The maximum Gasteiger partial charge on any atom is 0.191 e. The van der Waals surface area contributed by atoms with E-state index in [1.807, 2.05) is 14.0 Å². The van der Waals surface area contributed by atoms with Crippen LogP contribution in [0.1, 0.15) is 33.1 Å². The zero-order chi connectivity index (χ0) is 13.9. The van der Waals surface area contributed by atoms with Crippen LogP contribution in [0.3, 0.4) is 0 Å². The van der Waals surface area contributed by atoms with Crippen molar-refractivity contribution >= 4 is 29.9 Å². The second kappa shape index (κ2) is 12.6. The summed E-state index contributed by atoms with van der Waals surface area (Å²) in [5.74, 6) is 0.892. The number of likely N-dealkylation sites (N-methyl/N-ethyl adjacent to an activating group) is 1. The number of guanidine groups is 1. The summed E-state index contributed by atoms with van der Waals surface area (Å²) in [5, 5.41) is 6.67. The summed E-state index contributed by atoms with van der Waals surface area (Å²) in [6.07, 6.45) is 3.76. The Kier molecular flexibility index (Phi) is 12.6. The van der Waals surface area contributed by atoms with Gasteiger partial charge < -0.3 is 15.4 Å². The number of ether oxygens (including phenoxy) is 1. The van der Waals surface area contributed by atoms with Crippen LogP contribution in [0.15, 0.2) is 4.99 Å². The van der Waals surface area contributed by atoms with Crippen molar-refractivity contribution < 1.29 is 4.74 Å². The number of nitrogens with zero attached hydrogens (tertiary/aromatic N) is 2. The van der Waals surface area contributed by atoms with Gasteiger partial charge in [0, 0.05) is 45.9 Å². The van der Waals surface area contributed by atoms with Crippen LogP contribution < -0.4 is 10.6 Å². The summed E-state index contributed by atoms with van der Waals surface area (Å²) in [4.78, 5) is 6.76. The molecule has 6 heteroatoms. The van der Waals surface area contributed by atoms with E-state index in [-0.39, 0.29) is 24.0 Å². The monoisotopic (exact) mass is 398 g/mol. The van der Waals surface area contributed by atoms with E-state index in [2.05, 4.69) is 27.4 Å². The van der Waals surface area contributed by atoms with Gasteiger partial charge in [0.15, 0.2) is 5.96 Å². The minimum atomic E-state index is 0. The van der Waals surface area contributed by atoms with Gasteiger partial charge >= 0.3 is 0 Å². The Morgan fingerprint density at radius 3 is 2.50 bits per heavy atom. The van der Waals surface area contributed by atoms with E-state index in [4.69, 9.17) is 4.74 Å². The Balaban J connectivity index is 0.00000361. The lowest BCUT2D eigenvalue weighted by atomic mass is 10.4. The molecule has 2 N–H and O–H groups in total. The van der Waals surface area contributed by atoms with Crippen molar-refractivity contribution in [1.29, 1.82) is 0 Å². The van der Waals surface area contributed by atoms with Crippen LogP contribution in [0, 0.1) is 0 Å². The molecule has 0 spiro atoms. The van der Waals surface area contributed by atoms with Gasteiger partial charge in [-0.15, -0.1) is 24.0 Å². The molecule has 20 heavy (non-hydrogen) atoms. The van der Waals surface area contributed by atoms with Gasteiger partial charge in [-0.3, -0.25) is 9.89 Å². The molecule has 1 fully saturated rings. The normalized spacial score (nSPS) is 15.1. The van der Waals surface area contributed by atoms with Crippen LogP contribution in [0.4, 0.5) is 0 Å². The topological polar surface area (TPSA) is 48.9 Å². The predicted octanol–water partition coefficient (Wildman–Crippen LogP) is 1.68. The summed E-state index contributed by atoms with van der Waals surface area (Å²) >= 11 is 0. The highest BCUT2D eigenvalue weighted by atomic mass is 127. The quantitative estimate of drug-likeness (QED) is 0.255. The van der Waals surface area contributed by atoms with E-state index in [0.717, 1.165) is 57.8 Å². The molecule has 0 aromatic carbocycles. The number of rotatable bonds is 10. The van der Waals surface area contributed by atoms with E-state index in [9.17, 15) is 0 Å². The van der Waals surface area contributed by atoms with Crippen molar-refractivity contribution in [3.05, 3.63) is 0 Å². The number of nitrogens with one attached hydrogen (secondary N) is 2. The average Bonchev–Trinajstić information content (AvgIpc) is 3.25. The molecule has 0 atom stereocenters. The molecule has 0 aromatic heterocycles. The number of hydrogen-bond acceptors (Lipinski definition) is 3. The summed E-state index contributed by atoms with van der Waals surface area (Å²) in [6.45, 7) is 9.96. The first-order valence-corrected chi connectivity index (χ1v) is 7.58. The lowest BCUT2D eigenvalue weighted by molar-refractivity contribution is 0.145. The molecule has 0 heterocycles. The number of hydrogen-bond donors (Lipinski definition) is 2. The lowest BCUT2D eigenvalue weighted by Crippen LogP contribution is -2.42. The van der Waals surface area contributed by atoms with Crippen molar-refractivity contribution in [2.75, 3.05) is 46.4 Å². The molecule has 5 nitrogen and oxygen atoms in total. The maximum absolute atomic E-state index is 5.30. The molecule has 1 rings (SSSR count). The molecule has 0 bridgehead atoms. The third kappa shape index (κ3) is 8.97. The zero-order valence-corrected chi connectivity index (χ0v) is 15.5. The van der Waals surface area contributed by atoms with E-state index >= 15 is 0 Å². The second-order valence-corrected chi connectivity index (χ2v) is 4.84. The third-order valence-electron chi connectivity index (χ3n) is 3.35. The van der Waals surface area contributed by atoms with Gasteiger partial charge in [-0.2, -0.15) is 0 Å². The predicted molar refractivity (Wildman–Crippen MR) is 96.2 cm³/mol. The standard InChI is InChI=1S/C14H30N4O.HI/c1-4-18(13-7-8-13)11-10-17-14(15-3)16-9-6-12-19-5-2;/h13H,4-12H2,1-3H3,(H2,15,16,17);1H. The molecule has 0 aromatic rings. The summed E-state index contributed by atoms with van der Waals surface area (Å²) in [5.41, 5.74) is 0. The molecule has 0 amide bonds. The van der Waals surface area contributed by atoms with Crippen LogP contribution in [0.5, 0.6) is 0 Å². The van der Waals surface area contributed by atoms with Gasteiger partial charge in [0.25, 0.3) is 0 Å². The molecular formula is C14H31IN4O. The lowest BCUT2D eigenvalue weighted by Gasteiger charge is -2.20. The molecule has 1 saturated carbocycles. The Labute approximate surface area is 140 Å². The highest BCUT2D eigenvalue weighted by Crippen LogP contribution is 2.25. The van der Waals surface area contributed by atoms with Crippen LogP contribution in [-0.4, -0.2) is 63.3 Å². The minimum absolute atomic E-state index is 0. The highest BCUT2D eigenvalue weighted by molar-refractivity contribution is 14.0. The summed E-state index contributed by atoms with van der Waals surface area (Å²) < 4.78 is 5.30. The fourth-order valence-electron chi connectivity index (χ4n) is 2.10. The zero-order valence-electron chi connectivity index (χ0n) is 13.2. The smallest absolute Gasteiger partial charge is 0.191 e. The molecular weight excluding hydrogens is 367 g/mol. The first kappa shape index (κ1) is 19.9. The van der Waals surface area contributed by atoms with Gasteiger partial charge in [0.1, 0.15) is 0 Å². The van der Waals surface area contributed by atoms with Crippen molar-refractivity contribution in [3.8, 4) is 0 Å². The Morgan fingerprint density at radius 1 is 1.25 bits per heavy atom. The van der Waals surface area contributed by atoms with Crippen LogP contribution in [-0.2, 0) is 4.74 Å². The maximum atomic E-state index is 5.30. The first-order chi connectivity index (χ1) is 9.31. The molecule has 1 aliphatic rings. The van der Waals surface area contributed by atoms with Crippen molar-refractivity contribution in [2.24, 2.45) is 4.99 Å². The molecule has 1 aliphatic carbocycles. The van der Waals surface area contributed by atoms with E-state index in [1.165, 1.54) is 12.8 Å². The fraction of sp³-hybridized carbons (Fsp3) is 0.929. The SMILES string of the molecule is CCOCCCNC(=NC)NCCN(CC)C1CC1.I. The molecule has 0 radical (unpaired) electrons. The number of halogens is 1. The van der Waals surface area contributed by atoms with Gasteiger partial charge in [0.2, 0.25) is 0 Å². The van der Waals surface area contributed by atoms with E-state index in [1.54, 1.807) is 0 Å². The van der Waals surface area contributed by atoms with Crippen molar-refractivity contribution in [3.63, 3.8) is 0 Å². The molecule has 0 aliphatic heterocycles. The summed E-state index contributed by atoms with van der Waals surface area (Å²) in [6, 6.07) is 0.841. The Bertz CT molecular complexity index is 260. The van der Waals surface area contributed by atoms with Gasteiger partial charge in [-0.25, -0.2) is 0 Å². The Hall–Kier alpha value is -0.0800. The summed E-state index contributed by atoms with van der Waals surface area (Å²) in [7, 11) is 1.82. The largest absolute Gasteiger partial charge is 0.382 e. The van der Waals surface area contributed by atoms with Crippen LogP contribution >= 0.6 is 24.0 Å². The van der Waals surface area contributed by atoms with Crippen molar-refractivity contribution in [2.45, 2.75) is 39.2 Å². The van der Waals surface area contributed by atoms with Gasteiger partial charge in [-0.1, -0.05) is 6.92 Å². The fourth-order valence-corrected chi connectivity index (χ4v) is 2.10. The second-order valence-electron chi connectivity index (χ2n) is 4.84. The first-order valence-electron chi connectivity index (χ1n) is 7.58. The van der Waals surface area contributed by atoms with Crippen LogP contribution in [0.2, 0.25) is 0 Å². The van der Waals surface area contributed by atoms with E-state index < -0.39 is 0 Å². The molecule has 120 valence electrons. The van der Waals surface area contributed by atoms with Crippen molar-refractivity contribution in [1.82, 2.24) is 15.5 Å². The van der Waals surface area contributed by atoms with Crippen LogP contribution in [0.25, 0.3) is 0 Å². The Morgan fingerprint density at radius 2 is 1.95 bits per heavy atom. The van der Waals surface area contributed by atoms with Gasteiger partial charge in [-0.05, 0) is 32.7 Å². The third-order valence-corrected chi connectivity index (χ3v) is 3.35. The van der Waals surface area contributed by atoms with E-state index in [0.29, 0.717) is 0 Å². The average molecular weight is 398 g/mol. The highest BCUT2D eigenvalue weighted by Gasteiger charge is 2.27. The number of aliphatic imine (C=N–C) groups is 1. The molecule has 0 saturated heterocycles. The molecule has 0 unspecified atom stereocenters. The minimum Gasteiger partial charge on any atom is -0.382 e. The van der Waals surface area contributed by atoms with Gasteiger partial charge in [0.05, 0.1) is 0 Å².